The molecule has 0 bridgehead atoms. The summed E-state index contributed by atoms with van der Waals surface area (Å²) in [5.41, 5.74) is 9.36. The molecule has 0 aromatic heterocycles. The first-order valence-corrected chi connectivity index (χ1v) is 5.04. The maximum Gasteiger partial charge on any atom is 0.416 e. The van der Waals surface area contributed by atoms with Gasteiger partial charge in [-0.1, -0.05) is 6.07 Å². The molecule has 1 amide bonds. The normalized spacial score (nSPS) is 13.2. The van der Waals surface area contributed by atoms with Crippen molar-refractivity contribution in [2.24, 2.45) is 11.5 Å². The smallest absolute Gasteiger partial charge is 0.416 e. The van der Waals surface area contributed by atoms with Gasteiger partial charge in [-0.2, -0.15) is 13.2 Å². The highest BCUT2D eigenvalue weighted by atomic mass is 19.4. The Morgan fingerprint density at radius 3 is 2.50 bits per heavy atom. The van der Waals surface area contributed by atoms with E-state index in [9.17, 15) is 18.0 Å². The van der Waals surface area contributed by atoms with Crippen LogP contribution in [0.25, 0.3) is 0 Å². The van der Waals surface area contributed by atoms with Gasteiger partial charge in [-0.15, -0.1) is 0 Å². The van der Waals surface area contributed by atoms with Crippen molar-refractivity contribution in [3.05, 3.63) is 29.3 Å². The van der Waals surface area contributed by atoms with Crippen molar-refractivity contribution < 1.29 is 22.7 Å². The van der Waals surface area contributed by atoms with E-state index in [4.69, 9.17) is 16.2 Å². The molecule has 18 heavy (non-hydrogen) atoms. The van der Waals surface area contributed by atoms with Crippen LogP contribution < -0.4 is 16.2 Å². The lowest BCUT2D eigenvalue weighted by molar-refractivity contribution is -0.138. The molecule has 1 aromatic rings. The fraction of sp³-hybridized carbons (Fsp3) is 0.364. The number of amides is 1. The number of benzene rings is 1. The van der Waals surface area contributed by atoms with E-state index >= 15 is 0 Å². The number of ether oxygens (including phenoxy) is 1. The number of halogens is 3. The molecule has 0 spiro atoms. The second kappa shape index (κ2) is 5.26. The van der Waals surface area contributed by atoms with Crippen molar-refractivity contribution in [2.75, 3.05) is 7.11 Å². The second-order valence-corrected chi connectivity index (χ2v) is 3.73. The Kier molecular flexibility index (Phi) is 4.18. The van der Waals surface area contributed by atoms with Gasteiger partial charge in [-0.25, -0.2) is 0 Å². The fourth-order valence-electron chi connectivity index (χ4n) is 1.56. The molecule has 0 saturated heterocycles. The lowest BCUT2D eigenvalue weighted by Gasteiger charge is -2.18. The molecular weight excluding hydrogens is 249 g/mol. The standard InChI is InChI=1S/C11H13F3N2O2/c1-18-6-2-3-7(9(15)5-10(16)17)8(4-6)11(12,13)14/h2-4,9H,5,15H2,1H3,(H2,16,17). The van der Waals surface area contributed by atoms with Crippen LogP contribution in [0.5, 0.6) is 5.75 Å². The quantitative estimate of drug-likeness (QED) is 0.864. The van der Waals surface area contributed by atoms with Crippen LogP contribution in [0.15, 0.2) is 18.2 Å². The van der Waals surface area contributed by atoms with E-state index < -0.39 is 23.7 Å². The molecule has 1 unspecified atom stereocenters. The first-order chi connectivity index (χ1) is 8.25. The predicted molar refractivity (Wildman–Crippen MR) is 58.7 cm³/mol. The Hall–Kier alpha value is -1.76. The van der Waals surface area contributed by atoms with Crippen LogP contribution in [-0.2, 0) is 11.0 Å². The Morgan fingerprint density at radius 2 is 2.06 bits per heavy atom. The van der Waals surface area contributed by atoms with Crippen molar-refractivity contribution in [3.63, 3.8) is 0 Å². The summed E-state index contributed by atoms with van der Waals surface area (Å²) in [6, 6.07) is 2.29. The summed E-state index contributed by atoms with van der Waals surface area (Å²) in [6.07, 6.45) is -4.92. The third-order valence-corrected chi connectivity index (χ3v) is 2.39. The minimum atomic E-state index is -4.57. The average Bonchev–Trinajstić information content (AvgIpc) is 2.26. The van der Waals surface area contributed by atoms with E-state index in [1.165, 1.54) is 19.2 Å². The van der Waals surface area contributed by atoms with E-state index in [0.29, 0.717) is 0 Å². The number of rotatable bonds is 4. The van der Waals surface area contributed by atoms with Crippen LogP contribution in [0.3, 0.4) is 0 Å². The van der Waals surface area contributed by atoms with Gasteiger partial charge in [0.1, 0.15) is 5.75 Å². The van der Waals surface area contributed by atoms with E-state index in [1.54, 1.807) is 0 Å². The molecule has 0 aliphatic rings. The first kappa shape index (κ1) is 14.3. The zero-order valence-corrected chi connectivity index (χ0v) is 9.62. The molecule has 100 valence electrons. The Labute approximate surface area is 102 Å². The molecule has 7 heteroatoms. The Morgan fingerprint density at radius 1 is 1.44 bits per heavy atom. The van der Waals surface area contributed by atoms with Crippen molar-refractivity contribution in [1.82, 2.24) is 0 Å². The number of carbonyl (C=O) groups is 1. The molecule has 1 rings (SSSR count). The number of methoxy groups -OCH3 is 1. The molecule has 0 aliphatic carbocycles. The lowest BCUT2D eigenvalue weighted by atomic mass is 9.97. The van der Waals surface area contributed by atoms with Gasteiger partial charge in [0.2, 0.25) is 5.91 Å². The summed E-state index contributed by atoms with van der Waals surface area (Å²) in [5, 5.41) is 0. The van der Waals surface area contributed by atoms with Crippen molar-refractivity contribution in [2.45, 2.75) is 18.6 Å². The highest BCUT2D eigenvalue weighted by Crippen LogP contribution is 2.36. The largest absolute Gasteiger partial charge is 0.497 e. The SMILES string of the molecule is COc1ccc(C(N)CC(N)=O)c(C(F)(F)F)c1. The third kappa shape index (κ3) is 3.36. The lowest BCUT2D eigenvalue weighted by Crippen LogP contribution is -2.23. The van der Waals surface area contributed by atoms with Crippen LogP contribution in [0, 0.1) is 0 Å². The maximum atomic E-state index is 12.8. The van der Waals surface area contributed by atoms with Crippen LogP contribution in [0.1, 0.15) is 23.6 Å². The summed E-state index contributed by atoms with van der Waals surface area (Å²) >= 11 is 0. The monoisotopic (exact) mass is 262 g/mol. The van der Waals surface area contributed by atoms with Crippen molar-refractivity contribution >= 4 is 5.91 Å². The number of nitrogens with two attached hydrogens (primary N) is 2. The van der Waals surface area contributed by atoms with Crippen molar-refractivity contribution in [3.8, 4) is 5.75 Å². The number of hydrogen-bond donors (Lipinski definition) is 2. The topological polar surface area (TPSA) is 78.3 Å². The van der Waals surface area contributed by atoms with Crippen LogP contribution >= 0.6 is 0 Å². The van der Waals surface area contributed by atoms with E-state index in [0.717, 1.165) is 6.07 Å². The molecule has 4 N–H and O–H groups in total. The van der Waals surface area contributed by atoms with Gasteiger partial charge in [-0.3, -0.25) is 4.79 Å². The maximum absolute atomic E-state index is 12.8. The minimum Gasteiger partial charge on any atom is -0.497 e. The zero-order valence-electron chi connectivity index (χ0n) is 9.62. The molecule has 0 heterocycles. The summed E-state index contributed by atoms with van der Waals surface area (Å²) in [5.74, 6) is -0.691. The van der Waals surface area contributed by atoms with E-state index in [1.807, 2.05) is 0 Å². The second-order valence-electron chi connectivity index (χ2n) is 3.73. The van der Waals surface area contributed by atoms with Gasteiger partial charge in [0.05, 0.1) is 12.7 Å². The molecule has 4 nitrogen and oxygen atoms in total. The summed E-state index contributed by atoms with van der Waals surface area (Å²) < 4.78 is 43.2. The average molecular weight is 262 g/mol. The zero-order chi connectivity index (χ0) is 13.9. The third-order valence-electron chi connectivity index (χ3n) is 2.39. The van der Waals surface area contributed by atoms with Gasteiger partial charge >= 0.3 is 6.18 Å². The molecule has 0 aliphatic heterocycles. The molecule has 0 radical (unpaired) electrons. The summed E-state index contributed by atoms with van der Waals surface area (Å²) in [7, 11) is 1.26. The molecule has 0 saturated carbocycles. The van der Waals surface area contributed by atoms with Crippen LogP contribution in [0.2, 0.25) is 0 Å². The summed E-state index contributed by atoms with van der Waals surface area (Å²) in [4.78, 5) is 10.7. The van der Waals surface area contributed by atoms with Gasteiger partial charge in [0.15, 0.2) is 0 Å². The molecule has 1 aromatic carbocycles. The first-order valence-electron chi connectivity index (χ1n) is 5.04. The fourth-order valence-corrected chi connectivity index (χ4v) is 1.56. The number of alkyl halides is 3. The van der Waals surface area contributed by atoms with Crippen LogP contribution in [-0.4, -0.2) is 13.0 Å². The van der Waals surface area contributed by atoms with E-state index in [2.05, 4.69) is 0 Å². The predicted octanol–water partition coefficient (Wildman–Crippen LogP) is 1.59. The number of carbonyl (C=O) groups excluding carboxylic acids is 1. The highest BCUT2D eigenvalue weighted by Gasteiger charge is 2.35. The Bertz CT molecular complexity index is 446. The molecular formula is C11H13F3N2O2. The molecule has 0 fully saturated rings. The van der Waals surface area contributed by atoms with Gasteiger partial charge in [0.25, 0.3) is 0 Å². The van der Waals surface area contributed by atoms with Crippen LogP contribution in [0.4, 0.5) is 13.2 Å². The van der Waals surface area contributed by atoms with Gasteiger partial charge in [0, 0.05) is 12.5 Å². The highest BCUT2D eigenvalue weighted by molar-refractivity contribution is 5.74. The Balaban J connectivity index is 3.22. The van der Waals surface area contributed by atoms with Gasteiger partial charge < -0.3 is 16.2 Å². The molecule has 1 atom stereocenters. The number of primary amides is 1. The van der Waals surface area contributed by atoms with Crippen molar-refractivity contribution in [1.29, 1.82) is 0 Å². The number of hydrogen-bond acceptors (Lipinski definition) is 3. The summed E-state index contributed by atoms with van der Waals surface area (Å²) in [6.45, 7) is 0. The minimum absolute atomic E-state index is 0.0670. The van der Waals surface area contributed by atoms with Gasteiger partial charge in [-0.05, 0) is 17.7 Å². The van der Waals surface area contributed by atoms with E-state index in [-0.39, 0.29) is 17.7 Å².